The Morgan fingerprint density at radius 3 is 1.38 bits per heavy atom. The summed E-state index contributed by atoms with van der Waals surface area (Å²) in [5, 5.41) is 1.46. The van der Waals surface area contributed by atoms with Gasteiger partial charge in [-0.1, -0.05) is 47.5 Å². The van der Waals surface area contributed by atoms with Crippen LogP contribution in [0.15, 0.2) is 48.5 Å². The molecule has 4 aromatic rings. The molecule has 6 heteroatoms. The van der Waals surface area contributed by atoms with Crippen LogP contribution in [0.4, 0.5) is 0 Å². The van der Waals surface area contributed by atoms with Crippen LogP contribution in [0.1, 0.15) is 57.6 Å². The lowest BCUT2D eigenvalue weighted by molar-refractivity contribution is 0.134. The van der Waals surface area contributed by atoms with Crippen LogP contribution in [0.3, 0.4) is 0 Å². The molecule has 0 unspecified atom stereocenters. The Morgan fingerprint density at radius 2 is 0.946 bits per heavy atom. The first-order chi connectivity index (χ1) is 18.1. The van der Waals surface area contributed by atoms with E-state index in [1.807, 2.05) is 24.3 Å². The van der Waals surface area contributed by atoms with E-state index in [2.05, 4.69) is 24.3 Å². The topological polar surface area (TPSA) is 44.2 Å². The molecule has 4 nitrogen and oxygen atoms in total. The summed E-state index contributed by atoms with van der Waals surface area (Å²) in [5.41, 5.74) is 14.4. The van der Waals surface area contributed by atoms with Gasteiger partial charge in [0, 0.05) is 32.3 Å². The van der Waals surface area contributed by atoms with Gasteiger partial charge in [0.25, 0.3) is 0 Å². The largest absolute Gasteiger partial charge is 0.372 e. The SMILES string of the molecule is Clc1ccc(-c2nc3c(c4c2COC4)CCC32CCc3c2nc(-c2ccc(Cl)cc2)c2c3COC2)cc1. The number of hydrogen-bond acceptors (Lipinski definition) is 4. The van der Waals surface area contributed by atoms with Crippen LogP contribution >= 0.6 is 23.2 Å². The molecule has 0 fully saturated rings. The quantitative estimate of drug-likeness (QED) is 0.273. The van der Waals surface area contributed by atoms with Crippen molar-refractivity contribution in [3.63, 3.8) is 0 Å². The van der Waals surface area contributed by atoms with E-state index in [-0.39, 0.29) is 5.41 Å². The molecule has 0 amide bonds. The summed E-state index contributed by atoms with van der Waals surface area (Å²) in [4.78, 5) is 10.9. The zero-order valence-corrected chi connectivity index (χ0v) is 21.8. The number of fused-ring (bicyclic) bond motifs is 8. The van der Waals surface area contributed by atoms with E-state index in [1.54, 1.807) is 0 Å². The summed E-state index contributed by atoms with van der Waals surface area (Å²) in [5.74, 6) is 0. The van der Waals surface area contributed by atoms with Gasteiger partial charge >= 0.3 is 0 Å². The van der Waals surface area contributed by atoms with Gasteiger partial charge < -0.3 is 9.47 Å². The first-order valence-electron chi connectivity index (χ1n) is 12.9. The minimum absolute atomic E-state index is 0.178. The van der Waals surface area contributed by atoms with Gasteiger partial charge in [-0.25, -0.2) is 0 Å². The number of nitrogens with zero attached hydrogens (tertiary/aromatic N) is 2. The van der Waals surface area contributed by atoms with Crippen LogP contribution in [0.25, 0.3) is 22.5 Å². The van der Waals surface area contributed by atoms with Crippen molar-refractivity contribution in [3.8, 4) is 22.5 Å². The maximum absolute atomic E-state index is 6.21. The maximum atomic E-state index is 6.21. The Morgan fingerprint density at radius 1 is 0.541 bits per heavy atom. The van der Waals surface area contributed by atoms with E-state index in [1.165, 1.54) is 44.8 Å². The molecule has 2 aliphatic heterocycles. The van der Waals surface area contributed by atoms with Crippen LogP contribution in [0.2, 0.25) is 10.0 Å². The third kappa shape index (κ3) is 3.17. The van der Waals surface area contributed by atoms with Crippen molar-refractivity contribution >= 4 is 23.2 Å². The van der Waals surface area contributed by atoms with E-state index in [0.29, 0.717) is 26.4 Å². The highest BCUT2D eigenvalue weighted by molar-refractivity contribution is 6.30. The fourth-order valence-electron chi connectivity index (χ4n) is 7.01. The first-order valence-corrected chi connectivity index (χ1v) is 13.7. The molecule has 0 saturated heterocycles. The summed E-state index contributed by atoms with van der Waals surface area (Å²) in [6.07, 6.45) is 4.09. The summed E-state index contributed by atoms with van der Waals surface area (Å²) in [6, 6.07) is 16.1. The van der Waals surface area contributed by atoms with E-state index in [9.17, 15) is 0 Å². The predicted octanol–water partition coefficient (Wildman–Crippen LogP) is 7.36. The van der Waals surface area contributed by atoms with Crippen LogP contribution in [0.5, 0.6) is 0 Å². The van der Waals surface area contributed by atoms with Gasteiger partial charge in [-0.2, -0.15) is 0 Å². The summed E-state index contributed by atoms with van der Waals surface area (Å²) >= 11 is 12.4. The van der Waals surface area contributed by atoms with Crippen molar-refractivity contribution in [1.29, 1.82) is 0 Å². The van der Waals surface area contributed by atoms with Gasteiger partial charge in [0.05, 0.1) is 54.6 Å². The van der Waals surface area contributed by atoms with Gasteiger partial charge in [-0.15, -0.1) is 0 Å². The van der Waals surface area contributed by atoms with E-state index in [4.69, 9.17) is 42.6 Å². The Labute approximate surface area is 225 Å². The molecule has 0 N–H and O–H groups in total. The van der Waals surface area contributed by atoms with Crippen molar-refractivity contribution < 1.29 is 9.47 Å². The summed E-state index contributed by atoms with van der Waals surface area (Å²) in [6.45, 7) is 2.54. The van der Waals surface area contributed by atoms with Gasteiger partial charge in [0.1, 0.15) is 0 Å². The second kappa shape index (κ2) is 8.12. The highest BCUT2D eigenvalue weighted by atomic mass is 35.5. The number of pyridine rings is 2. The lowest BCUT2D eigenvalue weighted by Crippen LogP contribution is -2.25. The Balaban J connectivity index is 1.36. The van der Waals surface area contributed by atoms with Crippen molar-refractivity contribution in [1.82, 2.24) is 9.97 Å². The minimum Gasteiger partial charge on any atom is -0.372 e. The molecule has 2 aliphatic carbocycles. The van der Waals surface area contributed by atoms with Crippen molar-refractivity contribution in [2.75, 3.05) is 0 Å². The Kier molecular flexibility index (Phi) is 4.88. The molecule has 0 saturated carbocycles. The zero-order chi connectivity index (χ0) is 24.7. The number of halogens is 2. The molecule has 0 radical (unpaired) electrons. The normalized spacial score (nSPS) is 18.2. The second-order valence-corrected chi connectivity index (χ2v) is 11.4. The monoisotopic (exact) mass is 526 g/mol. The number of aromatic nitrogens is 2. The van der Waals surface area contributed by atoms with E-state index < -0.39 is 0 Å². The standard InChI is InChI=1S/C31H24Cl2N2O2/c32-19-5-1-17(2-6-19)27-25-15-36-13-23(25)21-9-11-31(29(21)34-27)12-10-22-24-14-37-16-26(24)28(35-30(22)31)18-3-7-20(33)8-4-18/h1-8H,9-16H2. The van der Waals surface area contributed by atoms with Gasteiger partial charge in [0.2, 0.25) is 0 Å². The molecule has 37 heavy (non-hydrogen) atoms. The van der Waals surface area contributed by atoms with Crippen LogP contribution in [0, 0.1) is 0 Å². The van der Waals surface area contributed by atoms with Crippen LogP contribution in [-0.2, 0) is 54.2 Å². The first kappa shape index (κ1) is 22.2. The highest BCUT2D eigenvalue weighted by Gasteiger charge is 2.50. The molecule has 2 aromatic carbocycles. The third-order valence-electron chi connectivity index (χ3n) is 8.78. The average molecular weight is 527 g/mol. The molecule has 4 aliphatic rings. The molecular formula is C31H24Cl2N2O2. The minimum atomic E-state index is -0.178. The second-order valence-electron chi connectivity index (χ2n) is 10.6. The van der Waals surface area contributed by atoms with Crippen molar-refractivity contribution in [2.24, 2.45) is 0 Å². The fraction of sp³-hybridized carbons (Fsp3) is 0.290. The lowest BCUT2D eigenvalue weighted by Gasteiger charge is -2.26. The Bertz CT molecular complexity index is 1480. The fourth-order valence-corrected chi connectivity index (χ4v) is 7.26. The Hall–Kier alpha value is -2.76. The number of rotatable bonds is 2. The zero-order valence-electron chi connectivity index (χ0n) is 20.2. The molecule has 1 spiro atoms. The summed E-state index contributed by atoms with van der Waals surface area (Å²) in [7, 11) is 0. The third-order valence-corrected chi connectivity index (χ3v) is 9.28. The maximum Gasteiger partial charge on any atom is 0.0764 e. The van der Waals surface area contributed by atoms with E-state index >= 15 is 0 Å². The van der Waals surface area contributed by atoms with Gasteiger partial charge in [-0.3, -0.25) is 9.97 Å². The lowest BCUT2D eigenvalue weighted by atomic mass is 9.81. The highest BCUT2D eigenvalue weighted by Crippen LogP contribution is 2.55. The predicted molar refractivity (Wildman–Crippen MR) is 144 cm³/mol. The summed E-state index contributed by atoms with van der Waals surface area (Å²) < 4.78 is 12.0. The number of benzene rings is 2. The molecule has 184 valence electrons. The van der Waals surface area contributed by atoms with Gasteiger partial charge in [0.15, 0.2) is 0 Å². The van der Waals surface area contributed by atoms with Gasteiger partial charge in [-0.05, 0) is 72.2 Å². The number of hydrogen-bond donors (Lipinski definition) is 0. The molecule has 0 bridgehead atoms. The average Bonchev–Trinajstić information content (AvgIpc) is 3.71. The molecular weight excluding hydrogens is 503 g/mol. The van der Waals surface area contributed by atoms with Crippen molar-refractivity contribution in [3.05, 3.63) is 103 Å². The smallest absolute Gasteiger partial charge is 0.0764 e. The molecule has 8 rings (SSSR count). The molecule has 4 heterocycles. The van der Waals surface area contributed by atoms with E-state index in [0.717, 1.165) is 58.2 Å². The molecule has 2 aromatic heterocycles. The van der Waals surface area contributed by atoms with Crippen LogP contribution in [-0.4, -0.2) is 9.97 Å². The number of ether oxygens (including phenoxy) is 2. The van der Waals surface area contributed by atoms with Crippen LogP contribution < -0.4 is 0 Å². The van der Waals surface area contributed by atoms with Crippen molar-refractivity contribution in [2.45, 2.75) is 57.5 Å². The molecule has 0 atom stereocenters.